The summed E-state index contributed by atoms with van der Waals surface area (Å²) in [6.07, 6.45) is -0.745. The van der Waals surface area contributed by atoms with E-state index in [0.717, 1.165) is 0 Å². The topological polar surface area (TPSA) is 80.7 Å². The molecule has 16 heavy (non-hydrogen) atoms. The first kappa shape index (κ1) is 11.1. The van der Waals surface area contributed by atoms with E-state index in [9.17, 15) is 19.8 Å². The number of nitrogens with zero attached hydrogens (tertiary/aromatic N) is 1. The van der Waals surface area contributed by atoms with E-state index in [1.54, 1.807) is 13.8 Å². The molecule has 0 aromatic heterocycles. The van der Waals surface area contributed by atoms with Gasteiger partial charge < -0.3 is 19.9 Å². The molecule has 1 N–H and O–H groups in total. The van der Waals surface area contributed by atoms with Crippen molar-refractivity contribution in [3.63, 3.8) is 0 Å². The Hall–Kier alpha value is -1.36. The lowest BCUT2D eigenvalue weighted by Gasteiger charge is -2.47. The Labute approximate surface area is 93.4 Å². The third kappa shape index (κ3) is 1.15. The molecule has 2 aliphatic rings. The second kappa shape index (κ2) is 3.31. The minimum atomic E-state index is -1.32. The van der Waals surface area contributed by atoms with Crippen LogP contribution in [0.5, 0.6) is 0 Å². The zero-order valence-electron chi connectivity index (χ0n) is 9.43. The molecule has 1 saturated heterocycles. The van der Waals surface area contributed by atoms with Crippen molar-refractivity contribution in [1.82, 2.24) is 4.90 Å². The predicted octanol–water partition coefficient (Wildman–Crippen LogP) is -1.13. The van der Waals surface area contributed by atoms with Crippen LogP contribution in [0.15, 0.2) is 11.3 Å². The van der Waals surface area contributed by atoms with E-state index in [4.69, 9.17) is 0 Å². The van der Waals surface area contributed by atoms with Gasteiger partial charge in [-0.3, -0.25) is 4.79 Å². The third-order valence-electron chi connectivity index (χ3n) is 3.71. The van der Waals surface area contributed by atoms with Crippen LogP contribution in [0, 0.1) is 11.8 Å². The van der Waals surface area contributed by atoms with Gasteiger partial charge in [-0.2, -0.15) is 0 Å². The Balaban J connectivity index is 2.36. The summed E-state index contributed by atoms with van der Waals surface area (Å²) >= 11 is 0. The van der Waals surface area contributed by atoms with E-state index in [2.05, 4.69) is 0 Å². The van der Waals surface area contributed by atoms with Crippen LogP contribution in [0.2, 0.25) is 0 Å². The molecule has 0 aliphatic carbocycles. The molecule has 0 bridgehead atoms. The fourth-order valence-electron chi connectivity index (χ4n) is 2.74. The van der Waals surface area contributed by atoms with E-state index in [1.807, 2.05) is 6.92 Å². The van der Waals surface area contributed by atoms with Crippen molar-refractivity contribution < 1.29 is 19.8 Å². The number of aliphatic hydroxyl groups is 1. The first-order valence-corrected chi connectivity index (χ1v) is 5.31. The number of aliphatic carboxylic acids is 1. The van der Waals surface area contributed by atoms with Gasteiger partial charge in [-0.05, 0) is 19.4 Å². The molecule has 5 heteroatoms. The lowest BCUT2D eigenvalue weighted by molar-refractivity contribution is -0.301. The van der Waals surface area contributed by atoms with Gasteiger partial charge in [0.2, 0.25) is 5.91 Å². The Bertz CT molecular complexity index is 399. The number of hydrogen-bond acceptors (Lipinski definition) is 4. The largest absolute Gasteiger partial charge is 0.543 e. The molecule has 0 aromatic rings. The summed E-state index contributed by atoms with van der Waals surface area (Å²) < 4.78 is 0. The van der Waals surface area contributed by atoms with Crippen LogP contribution in [0.3, 0.4) is 0 Å². The van der Waals surface area contributed by atoms with Crippen molar-refractivity contribution in [3.05, 3.63) is 11.3 Å². The predicted molar refractivity (Wildman–Crippen MR) is 52.7 cm³/mol. The van der Waals surface area contributed by atoms with Crippen LogP contribution in [-0.4, -0.2) is 34.0 Å². The normalized spacial score (nSPS) is 34.9. The standard InChI is InChI=1S/C11H15NO4/c1-4-5(2)9(11(15)16)12-8(4)7(6(3)13)10(12)14/h4,6-8,13H,1-3H3,(H,15,16)/p-1/t4-,6+,7+,8+/m0/s1. The molecule has 5 nitrogen and oxygen atoms in total. The highest BCUT2D eigenvalue weighted by atomic mass is 16.4. The molecule has 2 heterocycles. The number of aliphatic hydroxyl groups excluding tert-OH is 1. The lowest BCUT2D eigenvalue weighted by atomic mass is 9.78. The fraction of sp³-hybridized carbons (Fsp3) is 0.636. The summed E-state index contributed by atoms with van der Waals surface area (Å²) in [5.74, 6) is -2.15. The highest BCUT2D eigenvalue weighted by molar-refractivity contribution is 5.99. The van der Waals surface area contributed by atoms with E-state index >= 15 is 0 Å². The summed E-state index contributed by atoms with van der Waals surface area (Å²) in [7, 11) is 0. The van der Waals surface area contributed by atoms with E-state index in [0.29, 0.717) is 5.57 Å². The van der Waals surface area contributed by atoms with Gasteiger partial charge in [0.15, 0.2) is 0 Å². The van der Waals surface area contributed by atoms with Crippen LogP contribution < -0.4 is 5.11 Å². The lowest BCUT2D eigenvalue weighted by Crippen LogP contribution is -2.64. The molecule has 88 valence electrons. The number of fused-ring (bicyclic) bond motifs is 1. The zero-order chi connectivity index (χ0) is 12.2. The number of carboxylic acid groups (broad SMARTS) is 1. The number of amides is 1. The Morgan fingerprint density at radius 2 is 2.12 bits per heavy atom. The molecule has 0 saturated carbocycles. The first-order valence-electron chi connectivity index (χ1n) is 5.31. The van der Waals surface area contributed by atoms with E-state index in [1.165, 1.54) is 4.90 Å². The summed E-state index contributed by atoms with van der Waals surface area (Å²) in [6, 6.07) is -0.222. The second-order valence-electron chi connectivity index (χ2n) is 4.57. The maximum absolute atomic E-state index is 11.7. The Morgan fingerprint density at radius 3 is 2.56 bits per heavy atom. The molecular weight excluding hydrogens is 210 g/mol. The highest BCUT2D eigenvalue weighted by Gasteiger charge is 2.57. The van der Waals surface area contributed by atoms with Crippen LogP contribution >= 0.6 is 0 Å². The monoisotopic (exact) mass is 224 g/mol. The number of hydrogen-bond donors (Lipinski definition) is 1. The minimum Gasteiger partial charge on any atom is -0.543 e. The van der Waals surface area contributed by atoms with E-state index in [-0.39, 0.29) is 23.6 Å². The molecule has 1 amide bonds. The Morgan fingerprint density at radius 1 is 1.56 bits per heavy atom. The third-order valence-corrected chi connectivity index (χ3v) is 3.71. The number of β-lactam (4-membered cyclic amide) rings is 1. The zero-order valence-corrected chi connectivity index (χ0v) is 9.43. The number of rotatable bonds is 2. The average Bonchev–Trinajstić information content (AvgIpc) is 2.38. The molecule has 0 unspecified atom stereocenters. The smallest absolute Gasteiger partial charge is 0.235 e. The number of carbonyl (C=O) groups is 2. The van der Waals surface area contributed by atoms with Crippen LogP contribution in [0.4, 0.5) is 0 Å². The van der Waals surface area contributed by atoms with Gasteiger partial charge in [0.05, 0.1) is 29.7 Å². The van der Waals surface area contributed by atoms with Crippen molar-refractivity contribution >= 4 is 11.9 Å². The SMILES string of the molecule is CC1=C(C(=O)[O-])N2C(=O)[C@H]([C@@H](C)O)[C@H]2[C@H]1C. The van der Waals surface area contributed by atoms with Gasteiger partial charge in [0.25, 0.3) is 0 Å². The van der Waals surface area contributed by atoms with Crippen LogP contribution in [0.1, 0.15) is 20.8 Å². The van der Waals surface area contributed by atoms with Gasteiger partial charge in [-0.1, -0.05) is 6.92 Å². The number of carboxylic acids is 1. The molecule has 4 atom stereocenters. The summed E-state index contributed by atoms with van der Waals surface area (Å²) in [6.45, 7) is 5.12. The van der Waals surface area contributed by atoms with Crippen molar-refractivity contribution in [1.29, 1.82) is 0 Å². The molecule has 1 fully saturated rings. The average molecular weight is 224 g/mol. The summed E-state index contributed by atoms with van der Waals surface area (Å²) in [5, 5.41) is 20.4. The van der Waals surface area contributed by atoms with Gasteiger partial charge in [-0.25, -0.2) is 0 Å². The fourth-order valence-corrected chi connectivity index (χ4v) is 2.74. The summed E-state index contributed by atoms with van der Waals surface area (Å²) in [4.78, 5) is 23.9. The molecule has 0 aromatic carbocycles. The number of carbonyl (C=O) groups excluding carboxylic acids is 2. The molecule has 0 radical (unpaired) electrons. The van der Waals surface area contributed by atoms with Gasteiger partial charge >= 0.3 is 0 Å². The molecule has 2 rings (SSSR count). The highest BCUT2D eigenvalue weighted by Crippen LogP contribution is 2.46. The van der Waals surface area contributed by atoms with Crippen LogP contribution in [0.25, 0.3) is 0 Å². The van der Waals surface area contributed by atoms with Gasteiger partial charge in [0, 0.05) is 5.92 Å². The molecule has 0 spiro atoms. The minimum absolute atomic E-state index is 0.0144. The second-order valence-corrected chi connectivity index (χ2v) is 4.57. The van der Waals surface area contributed by atoms with Crippen molar-refractivity contribution in [2.45, 2.75) is 32.9 Å². The maximum Gasteiger partial charge on any atom is 0.235 e. The molecular formula is C11H14NO4-. The molecule has 2 aliphatic heterocycles. The van der Waals surface area contributed by atoms with Crippen molar-refractivity contribution in [3.8, 4) is 0 Å². The van der Waals surface area contributed by atoms with Gasteiger partial charge in [-0.15, -0.1) is 0 Å². The van der Waals surface area contributed by atoms with Crippen molar-refractivity contribution in [2.24, 2.45) is 11.8 Å². The summed E-state index contributed by atoms with van der Waals surface area (Å²) in [5.41, 5.74) is 0.640. The quantitative estimate of drug-likeness (QED) is 0.602. The first-order chi connectivity index (χ1) is 7.37. The van der Waals surface area contributed by atoms with Crippen molar-refractivity contribution in [2.75, 3.05) is 0 Å². The van der Waals surface area contributed by atoms with E-state index < -0.39 is 18.0 Å². The van der Waals surface area contributed by atoms with Gasteiger partial charge in [0.1, 0.15) is 0 Å². The van der Waals surface area contributed by atoms with Crippen LogP contribution in [-0.2, 0) is 9.59 Å². The Kier molecular flexibility index (Phi) is 2.31. The maximum atomic E-state index is 11.7.